The Hall–Kier alpha value is -1.20. The lowest BCUT2D eigenvalue weighted by Crippen LogP contribution is -2.26. The van der Waals surface area contributed by atoms with Crippen molar-refractivity contribution in [3.8, 4) is 0 Å². The van der Waals surface area contributed by atoms with E-state index in [1.165, 1.54) is 19.5 Å². The first-order valence-corrected chi connectivity index (χ1v) is 3.86. The first kappa shape index (κ1) is 9.88. The van der Waals surface area contributed by atoms with Crippen LogP contribution in [-0.2, 0) is 4.74 Å². The number of amides is 1. The van der Waals surface area contributed by atoms with E-state index >= 15 is 0 Å². The molecule has 0 radical (unpaired) electrons. The van der Waals surface area contributed by atoms with Gasteiger partial charge in [0.25, 0.3) is 5.91 Å². The minimum atomic E-state index is -0.342. The molecule has 1 amide bonds. The van der Waals surface area contributed by atoms with Gasteiger partial charge in [-0.3, -0.25) is 4.79 Å². The Morgan fingerprint density at radius 3 is 3.08 bits per heavy atom. The van der Waals surface area contributed by atoms with Gasteiger partial charge in [-0.2, -0.15) is 0 Å². The van der Waals surface area contributed by atoms with Crippen LogP contribution in [0.4, 0.5) is 0 Å². The number of hydrogen-bond donors (Lipinski definition) is 1. The van der Waals surface area contributed by atoms with Crippen LogP contribution in [0.25, 0.3) is 0 Å². The molecule has 0 fully saturated rings. The maximum absolute atomic E-state index is 11.2. The molecular weight excluding hydrogens is 194 g/mol. The van der Waals surface area contributed by atoms with Gasteiger partial charge in [0.2, 0.25) is 0 Å². The van der Waals surface area contributed by atoms with E-state index in [0.717, 1.165) is 0 Å². The molecule has 1 heterocycles. The third-order valence-electron chi connectivity index (χ3n) is 1.24. The lowest BCUT2D eigenvalue weighted by Gasteiger charge is -2.01. The molecular formula is C7H8ClN3O2. The SMILES string of the molecule is COCNC(=O)c1cc(Cl)ncn1. The maximum atomic E-state index is 11.2. The first-order chi connectivity index (χ1) is 6.24. The van der Waals surface area contributed by atoms with Crippen LogP contribution >= 0.6 is 11.6 Å². The number of aromatic nitrogens is 2. The molecule has 0 unspecified atom stereocenters. The standard InChI is InChI=1S/C7H8ClN3O2/c1-13-4-11-7(12)5-2-6(8)10-3-9-5/h2-3H,4H2,1H3,(H,11,12). The Bertz CT molecular complexity index is 306. The van der Waals surface area contributed by atoms with Gasteiger partial charge in [-0.15, -0.1) is 0 Å². The number of halogens is 1. The van der Waals surface area contributed by atoms with Crippen molar-refractivity contribution >= 4 is 17.5 Å². The van der Waals surface area contributed by atoms with Gasteiger partial charge in [0, 0.05) is 13.2 Å². The second-order valence-corrected chi connectivity index (χ2v) is 2.55. The van der Waals surface area contributed by atoms with Crippen LogP contribution in [0.2, 0.25) is 5.15 Å². The van der Waals surface area contributed by atoms with Crippen molar-refractivity contribution in [2.75, 3.05) is 13.8 Å². The number of carbonyl (C=O) groups excluding carboxylic acids is 1. The lowest BCUT2D eigenvalue weighted by atomic mass is 10.4. The lowest BCUT2D eigenvalue weighted by molar-refractivity contribution is 0.0867. The van der Waals surface area contributed by atoms with Crippen molar-refractivity contribution in [3.63, 3.8) is 0 Å². The summed E-state index contributed by atoms with van der Waals surface area (Å²) in [6.07, 6.45) is 1.23. The van der Waals surface area contributed by atoms with E-state index in [9.17, 15) is 4.79 Å². The van der Waals surface area contributed by atoms with Gasteiger partial charge in [0.15, 0.2) is 0 Å². The monoisotopic (exact) mass is 201 g/mol. The summed E-state index contributed by atoms with van der Waals surface area (Å²) in [6.45, 7) is 0.139. The van der Waals surface area contributed by atoms with Crippen molar-refractivity contribution in [3.05, 3.63) is 23.2 Å². The van der Waals surface area contributed by atoms with Crippen LogP contribution in [0, 0.1) is 0 Å². The van der Waals surface area contributed by atoms with E-state index in [-0.39, 0.29) is 23.5 Å². The zero-order chi connectivity index (χ0) is 9.68. The summed E-state index contributed by atoms with van der Waals surface area (Å²) in [4.78, 5) is 18.6. The van der Waals surface area contributed by atoms with E-state index in [2.05, 4.69) is 20.0 Å². The Labute approximate surface area is 80.1 Å². The first-order valence-electron chi connectivity index (χ1n) is 3.48. The van der Waals surface area contributed by atoms with Crippen molar-refractivity contribution in [2.24, 2.45) is 0 Å². The fourth-order valence-electron chi connectivity index (χ4n) is 0.686. The Morgan fingerprint density at radius 1 is 1.69 bits per heavy atom. The number of hydrogen-bond acceptors (Lipinski definition) is 4. The highest BCUT2D eigenvalue weighted by molar-refractivity contribution is 6.29. The highest BCUT2D eigenvalue weighted by atomic mass is 35.5. The van der Waals surface area contributed by atoms with Crippen molar-refractivity contribution in [1.29, 1.82) is 0 Å². The van der Waals surface area contributed by atoms with E-state index < -0.39 is 0 Å². The average Bonchev–Trinajstić information content (AvgIpc) is 2.14. The number of nitrogens with one attached hydrogen (secondary N) is 1. The third kappa shape index (κ3) is 2.96. The van der Waals surface area contributed by atoms with Crippen LogP contribution < -0.4 is 5.32 Å². The number of carbonyl (C=O) groups is 1. The van der Waals surface area contributed by atoms with Gasteiger partial charge in [-0.05, 0) is 0 Å². The summed E-state index contributed by atoms with van der Waals surface area (Å²) < 4.78 is 4.66. The average molecular weight is 202 g/mol. The topological polar surface area (TPSA) is 64.1 Å². The molecule has 0 aliphatic heterocycles. The number of methoxy groups -OCH3 is 1. The molecule has 5 nitrogen and oxygen atoms in total. The summed E-state index contributed by atoms with van der Waals surface area (Å²) in [5.74, 6) is -0.342. The minimum absolute atomic E-state index is 0.139. The summed E-state index contributed by atoms with van der Waals surface area (Å²) in [5, 5.41) is 2.70. The molecule has 0 spiro atoms. The Morgan fingerprint density at radius 2 is 2.46 bits per heavy atom. The van der Waals surface area contributed by atoms with E-state index in [0.29, 0.717) is 0 Å². The van der Waals surface area contributed by atoms with E-state index in [1.807, 2.05) is 0 Å². The summed E-state index contributed by atoms with van der Waals surface area (Å²) in [6, 6.07) is 1.38. The highest BCUT2D eigenvalue weighted by Crippen LogP contribution is 2.03. The molecule has 0 saturated heterocycles. The number of ether oxygens (including phenoxy) is 1. The fraction of sp³-hybridized carbons (Fsp3) is 0.286. The van der Waals surface area contributed by atoms with Crippen LogP contribution in [0.3, 0.4) is 0 Å². The summed E-state index contributed by atoms with van der Waals surface area (Å²) >= 11 is 5.56. The van der Waals surface area contributed by atoms with Crippen LogP contribution in [0.5, 0.6) is 0 Å². The molecule has 0 atom stereocenters. The molecule has 6 heteroatoms. The molecule has 13 heavy (non-hydrogen) atoms. The van der Waals surface area contributed by atoms with Crippen molar-refractivity contribution in [2.45, 2.75) is 0 Å². The predicted molar refractivity (Wildman–Crippen MR) is 46.4 cm³/mol. The Balaban J connectivity index is 2.66. The Kier molecular flexibility index (Phi) is 3.60. The quantitative estimate of drug-likeness (QED) is 0.570. The molecule has 0 saturated carbocycles. The number of rotatable bonds is 3. The zero-order valence-electron chi connectivity index (χ0n) is 6.95. The maximum Gasteiger partial charge on any atom is 0.271 e. The van der Waals surface area contributed by atoms with Crippen molar-refractivity contribution < 1.29 is 9.53 Å². The molecule has 70 valence electrons. The molecule has 0 bridgehead atoms. The zero-order valence-corrected chi connectivity index (χ0v) is 7.71. The van der Waals surface area contributed by atoms with Crippen LogP contribution in [-0.4, -0.2) is 29.7 Å². The van der Waals surface area contributed by atoms with Gasteiger partial charge < -0.3 is 10.1 Å². The molecule has 1 rings (SSSR count). The van der Waals surface area contributed by atoms with Crippen LogP contribution in [0.15, 0.2) is 12.4 Å². The molecule has 0 aromatic carbocycles. The van der Waals surface area contributed by atoms with Gasteiger partial charge >= 0.3 is 0 Å². The van der Waals surface area contributed by atoms with Gasteiger partial charge in [-0.25, -0.2) is 9.97 Å². The van der Waals surface area contributed by atoms with E-state index in [4.69, 9.17) is 11.6 Å². The minimum Gasteiger partial charge on any atom is -0.364 e. The van der Waals surface area contributed by atoms with Crippen molar-refractivity contribution in [1.82, 2.24) is 15.3 Å². The highest BCUT2D eigenvalue weighted by Gasteiger charge is 2.06. The second-order valence-electron chi connectivity index (χ2n) is 2.16. The third-order valence-corrected chi connectivity index (χ3v) is 1.45. The van der Waals surface area contributed by atoms with Gasteiger partial charge in [0.05, 0.1) is 0 Å². The molecule has 0 aliphatic rings. The normalized spacial score (nSPS) is 9.69. The summed E-state index contributed by atoms with van der Waals surface area (Å²) in [7, 11) is 1.48. The molecule has 1 N–H and O–H groups in total. The molecule has 1 aromatic rings. The van der Waals surface area contributed by atoms with Gasteiger partial charge in [0.1, 0.15) is 23.9 Å². The van der Waals surface area contributed by atoms with E-state index in [1.54, 1.807) is 0 Å². The largest absolute Gasteiger partial charge is 0.364 e. The molecule has 0 aliphatic carbocycles. The molecule has 1 aromatic heterocycles. The smallest absolute Gasteiger partial charge is 0.271 e. The van der Waals surface area contributed by atoms with Crippen LogP contribution in [0.1, 0.15) is 10.5 Å². The van der Waals surface area contributed by atoms with Gasteiger partial charge in [-0.1, -0.05) is 11.6 Å². The summed E-state index contributed by atoms with van der Waals surface area (Å²) in [5.41, 5.74) is 0.219. The fourth-order valence-corrected chi connectivity index (χ4v) is 0.833. The number of nitrogens with zero attached hydrogens (tertiary/aromatic N) is 2. The predicted octanol–water partition coefficient (Wildman–Crippen LogP) is 0.464. The second kappa shape index (κ2) is 4.74.